The predicted octanol–water partition coefficient (Wildman–Crippen LogP) is 3.47. The summed E-state index contributed by atoms with van der Waals surface area (Å²) in [5, 5.41) is 14.2. The van der Waals surface area contributed by atoms with Gasteiger partial charge in [-0.2, -0.15) is 0 Å². The van der Waals surface area contributed by atoms with Gasteiger partial charge in [0.1, 0.15) is 11.4 Å². The summed E-state index contributed by atoms with van der Waals surface area (Å²) in [6.07, 6.45) is 2.31. The molecule has 0 radical (unpaired) electrons. The first-order chi connectivity index (χ1) is 18.4. The molecule has 4 rings (SSSR count). The van der Waals surface area contributed by atoms with E-state index in [1.54, 1.807) is 52.1 Å². The molecule has 2 aromatic rings. The number of benzene rings is 2. The van der Waals surface area contributed by atoms with Gasteiger partial charge in [0.15, 0.2) is 0 Å². The van der Waals surface area contributed by atoms with Crippen LogP contribution in [0.4, 0.5) is 4.79 Å². The molecule has 5 atom stereocenters. The van der Waals surface area contributed by atoms with Crippen molar-refractivity contribution in [3.63, 3.8) is 0 Å². The van der Waals surface area contributed by atoms with Gasteiger partial charge >= 0.3 is 6.09 Å². The Kier molecular flexibility index (Phi) is 9.21. The lowest BCUT2D eigenvalue weighted by Gasteiger charge is -2.41. The normalized spacial score (nSPS) is 23.2. The van der Waals surface area contributed by atoms with Gasteiger partial charge in [-0.25, -0.2) is 17.9 Å². The molecule has 214 valence electrons. The van der Waals surface area contributed by atoms with Crippen molar-refractivity contribution < 1.29 is 27.8 Å². The van der Waals surface area contributed by atoms with Crippen molar-refractivity contribution in [1.82, 2.24) is 14.9 Å². The van der Waals surface area contributed by atoms with Crippen LogP contribution in [0, 0.1) is 0 Å². The average Bonchev–Trinajstić information content (AvgIpc) is 3.10. The number of hydrogen-bond acceptors (Lipinski definition) is 7. The second-order valence-corrected chi connectivity index (χ2v) is 13.3. The van der Waals surface area contributed by atoms with Crippen LogP contribution in [0.3, 0.4) is 0 Å². The number of nitrogens with one attached hydrogen (secondary N) is 2. The molecule has 39 heavy (non-hydrogen) atoms. The van der Waals surface area contributed by atoms with Crippen molar-refractivity contribution in [2.75, 3.05) is 13.7 Å². The third-order valence-electron chi connectivity index (χ3n) is 7.44. The average molecular weight is 560 g/mol. The summed E-state index contributed by atoms with van der Waals surface area (Å²) >= 11 is 0. The van der Waals surface area contributed by atoms with Crippen LogP contribution in [0.1, 0.15) is 52.0 Å². The minimum atomic E-state index is -3.66. The first-order valence-electron chi connectivity index (χ1n) is 13.6. The van der Waals surface area contributed by atoms with Gasteiger partial charge in [0.05, 0.1) is 24.2 Å². The highest BCUT2D eigenvalue weighted by Crippen LogP contribution is 2.36. The van der Waals surface area contributed by atoms with E-state index in [-0.39, 0.29) is 23.0 Å². The molecule has 2 fully saturated rings. The van der Waals surface area contributed by atoms with Crippen LogP contribution in [0.5, 0.6) is 5.75 Å². The van der Waals surface area contributed by atoms with Gasteiger partial charge < -0.3 is 19.9 Å². The van der Waals surface area contributed by atoms with Gasteiger partial charge in [-0.1, -0.05) is 30.3 Å². The molecule has 1 unspecified atom stereocenters. The number of piperidine rings is 1. The molecule has 1 amide bonds. The second kappa shape index (κ2) is 12.2. The van der Waals surface area contributed by atoms with Crippen LogP contribution in [-0.4, -0.2) is 74.0 Å². The van der Waals surface area contributed by atoms with Gasteiger partial charge in [-0.15, -0.1) is 0 Å². The van der Waals surface area contributed by atoms with Crippen LogP contribution >= 0.6 is 0 Å². The zero-order chi connectivity index (χ0) is 28.2. The number of carbonyl (C=O) groups excluding carboxylic acids is 1. The molecule has 2 saturated heterocycles. The van der Waals surface area contributed by atoms with E-state index >= 15 is 0 Å². The highest BCUT2D eigenvalue weighted by molar-refractivity contribution is 7.89. The van der Waals surface area contributed by atoms with Gasteiger partial charge in [-0.3, -0.25) is 4.90 Å². The zero-order valence-corrected chi connectivity index (χ0v) is 24.0. The van der Waals surface area contributed by atoms with E-state index in [2.05, 4.69) is 14.9 Å². The lowest BCUT2D eigenvalue weighted by molar-refractivity contribution is 0.0227. The molecule has 0 aromatic heterocycles. The minimum absolute atomic E-state index is 0.154. The predicted molar refractivity (Wildman–Crippen MR) is 149 cm³/mol. The summed E-state index contributed by atoms with van der Waals surface area (Å²) in [5.41, 5.74) is 0.360. The van der Waals surface area contributed by atoms with E-state index in [0.717, 1.165) is 18.4 Å². The van der Waals surface area contributed by atoms with Crippen molar-refractivity contribution in [2.45, 2.75) is 93.6 Å². The highest BCUT2D eigenvalue weighted by Gasteiger charge is 2.43. The fourth-order valence-electron chi connectivity index (χ4n) is 5.66. The van der Waals surface area contributed by atoms with Gasteiger partial charge in [-0.05, 0) is 82.7 Å². The largest absolute Gasteiger partial charge is 0.497 e. The summed E-state index contributed by atoms with van der Waals surface area (Å²) in [5.74, 6) is 0.602. The van der Waals surface area contributed by atoms with Crippen LogP contribution < -0.4 is 14.8 Å². The SMILES string of the molecule is COc1ccc(S(=O)(=O)NC2C[C@H]3CC[C@@H](C2)N3C[C@@H](O)[C@H](Cc2ccccc2)NC(=O)OC(C)(C)C)cc1. The number of sulfonamides is 1. The number of aliphatic hydroxyl groups excluding tert-OH is 1. The number of nitrogens with zero attached hydrogens (tertiary/aromatic N) is 1. The molecule has 2 heterocycles. The van der Waals surface area contributed by atoms with Crippen LogP contribution in [-0.2, 0) is 21.2 Å². The topological polar surface area (TPSA) is 117 Å². The molecular formula is C29H41N3O6S. The molecule has 10 heteroatoms. The number of ether oxygens (including phenoxy) is 2. The maximum Gasteiger partial charge on any atom is 0.407 e. The lowest BCUT2D eigenvalue weighted by atomic mass is 9.95. The summed E-state index contributed by atoms with van der Waals surface area (Å²) < 4.78 is 39.5. The van der Waals surface area contributed by atoms with E-state index in [4.69, 9.17) is 9.47 Å². The zero-order valence-electron chi connectivity index (χ0n) is 23.2. The Morgan fingerprint density at radius 3 is 2.23 bits per heavy atom. The summed E-state index contributed by atoms with van der Waals surface area (Å²) in [4.78, 5) is 15.1. The first-order valence-corrected chi connectivity index (χ1v) is 15.1. The van der Waals surface area contributed by atoms with Crippen LogP contribution in [0.25, 0.3) is 0 Å². The fourth-order valence-corrected chi connectivity index (χ4v) is 6.93. The number of carbonyl (C=O) groups is 1. The van der Waals surface area contributed by atoms with E-state index in [1.165, 1.54) is 0 Å². The standard InChI is InChI=1S/C29H41N3O6S/c1-29(2,3)38-28(34)30-26(16-20-8-6-5-7-9-20)27(33)19-32-22-10-11-23(32)18-21(17-22)31-39(35,36)25-14-12-24(37-4)13-15-25/h5-9,12-15,21-23,26-27,31,33H,10-11,16-19H2,1-4H3,(H,30,34)/t21?,22-,23+,26-,27+/m0/s1. The van der Waals surface area contributed by atoms with E-state index in [0.29, 0.717) is 31.6 Å². The highest BCUT2D eigenvalue weighted by atomic mass is 32.2. The van der Waals surface area contributed by atoms with Crippen molar-refractivity contribution in [3.05, 3.63) is 60.2 Å². The molecule has 2 aliphatic heterocycles. The number of methoxy groups -OCH3 is 1. The Balaban J connectivity index is 1.40. The minimum Gasteiger partial charge on any atom is -0.497 e. The van der Waals surface area contributed by atoms with Gasteiger partial charge in [0.2, 0.25) is 10.0 Å². The summed E-state index contributed by atoms with van der Waals surface area (Å²) in [7, 11) is -2.11. The van der Waals surface area contributed by atoms with E-state index < -0.39 is 33.9 Å². The van der Waals surface area contributed by atoms with Crippen molar-refractivity contribution >= 4 is 16.1 Å². The van der Waals surface area contributed by atoms with Gasteiger partial charge in [0.25, 0.3) is 0 Å². The molecule has 0 aliphatic carbocycles. The van der Waals surface area contributed by atoms with Gasteiger partial charge in [0, 0.05) is 24.7 Å². The summed E-state index contributed by atoms with van der Waals surface area (Å²) in [6, 6.07) is 15.7. The van der Waals surface area contributed by atoms with Crippen molar-refractivity contribution in [3.8, 4) is 5.75 Å². The van der Waals surface area contributed by atoms with Crippen molar-refractivity contribution in [2.24, 2.45) is 0 Å². The summed E-state index contributed by atoms with van der Waals surface area (Å²) in [6.45, 7) is 5.81. The smallest absolute Gasteiger partial charge is 0.407 e. The molecule has 2 bridgehead atoms. The molecule has 2 aromatic carbocycles. The van der Waals surface area contributed by atoms with E-state index in [9.17, 15) is 18.3 Å². The molecule has 2 aliphatic rings. The number of hydrogen-bond donors (Lipinski definition) is 3. The third kappa shape index (κ3) is 7.94. The number of rotatable bonds is 10. The van der Waals surface area contributed by atoms with Crippen molar-refractivity contribution in [1.29, 1.82) is 0 Å². The van der Waals surface area contributed by atoms with Crippen LogP contribution in [0.15, 0.2) is 59.5 Å². The number of alkyl carbamates (subject to hydrolysis) is 1. The second-order valence-electron chi connectivity index (χ2n) is 11.6. The Hall–Kier alpha value is -2.66. The Labute approximate surface area is 231 Å². The van der Waals surface area contributed by atoms with E-state index in [1.807, 2.05) is 30.3 Å². The first kappa shape index (κ1) is 29.3. The Morgan fingerprint density at radius 1 is 1.05 bits per heavy atom. The monoisotopic (exact) mass is 559 g/mol. The molecule has 3 N–H and O–H groups in total. The number of amides is 1. The third-order valence-corrected chi connectivity index (χ3v) is 8.98. The lowest BCUT2D eigenvalue weighted by Crippen LogP contribution is -2.56. The number of fused-ring (bicyclic) bond motifs is 2. The molecular weight excluding hydrogens is 518 g/mol. The fraction of sp³-hybridized carbons (Fsp3) is 0.552. The Bertz CT molecular complexity index is 1190. The maximum atomic E-state index is 13.0. The quantitative estimate of drug-likeness (QED) is 0.408. The Morgan fingerprint density at radius 2 is 1.67 bits per heavy atom. The molecule has 0 spiro atoms. The molecule has 0 saturated carbocycles. The number of aliphatic hydroxyl groups is 1. The maximum absolute atomic E-state index is 13.0. The molecule has 9 nitrogen and oxygen atoms in total. The van der Waals surface area contributed by atoms with Crippen LogP contribution in [0.2, 0.25) is 0 Å².